The Labute approximate surface area is 130 Å². The molecule has 1 aromatic rings. The van der Waals surface area contributed by atoms with Crippen LogP contribution in [0, 0.1) is 0 Å². The van der Waals surface area contributed by atoms with Crippen LogP contribution in [-0.2, 0) is 9.53 Å². The van der Waals surface area contributed by atoms with Gasteiger partial charge in [0.15, 0.2) is 5.78 Å². The smallest absolute Gasteiger partial charge is 0.222 e. The standard InChI is InChI=1S/C17H23NO4/c1-2-22-16-12-18(11-15(16)20)17(21)10-6-9-14(19)13-7-4-3-5-8-13/h3-5,7-8,15-16,20H,2,6,9-12H2,1H3/t15-,16-/m1/s1. The molecule has 1 heterocycles. The number of aliphatic hydroxyl groups is 1. The molecule has 0 spiro atoms. The molecule has 1 amide bonds. The number of hydrogen-bond donors (Lipinski definition) is 1. The molecule has 5 nitrogen and oxygen atoms in total. The van der Waals surface area contributed by atoms with Gasteiger partial charge in [0.1, 0.15) is 6.10 Å². The third-order valence-corrected chi connectivity index (χ3v) is 3.86. The van der Waals surface area contributed by atoms with Crippen molar-refractivity contribution in [3.63, 3.8) is 0 Å². The number of amides is 1. The molecule has 0 bridgehead atoms. The monoisotopic (exact) mass is 305 g/mol. The molecular weight excluding hydrogens is 282 g/mol. The molecule has 1 aliphatic rings. The summed E-state index contributed by atoms with van der Waals surface area (Å²) in [7, 11) is 0. The lowest BCUT2D eigenvalue weighted by Gasteiger charge is -2.15. The number of nitrogens with zero attached hydrogens (tertiary/aromatic N) is 1. The van der Waals surface area contributed by atoms with E-state index in [0.717, 1.165) is 0 Å². The number of carbonyl (C=O) groups is 2. The van der Waals surface area contributed by atoms with E-state index in [1.165, 1.54) is 0 Å². The summed E-state index contributed by atoms with van der Waals surface area (Å²) in [6, 6.07) is 9.10. The van der Waals surface area contributed by atoms with Crippen LogP contribution in [0.15, 0.2) is 30.3 Å². The third kappa shape index (κ3) is 4.39. The molecule has 0 unspecified atom stereocenters. The SMILES string of the molecule is CCO[C@@H]1CN(C(=O)CCCC(=O)c2ccccc2)C[C@H]1O. The van der Waals surface area contributed by atoms with E-state index in [9.17, 15) is 14.7 Å². The maximum atomic E-state index is 12.1. The van der Waals surface area contributed by atoms with Crippen LogP contribution in [0.25, 0.3) is 0 Å². The van der Waals surface area contributed by atoms with E-state index in [4.69, 9.17) is 4.74 Å². The Morgan fingerprint density at radius 2 is 1.95 bits per heavy atom. The van der Waals surface area contributed by atoms with Crippen molar-refractivity contribution in [3.05, 3.63) is 35.9 Å². The van der Waals surface area contributed by atoms with Crippen molar-refractivity contribution in [2.75, 3.05) is 19.7 Å². The number of aliphatic hydroxyl groups excluding tert-OH is 1. The van der Waals surface area contributed by atoms with E-state index < -0.39 is 6.10 Å². The highest BCUT2D eigenvalue weighted by Crippen LogP contribution is 2.16. The first-order valence-electron chi connectivity index (χ1n) is 7.77. The molecule has 1 fully saturated rings. The molecule has 0 radical (unpaired) electrons. The largest absolute Gasteiger partial charge is 0.388 e. The van der Waals surface area contributed by atoms with Gasteiger partial charge < -0.3 is 14.7 Å². The minimum atomic E-state index is -0.616. The van der Waals surface area contributed by atoms with Crippen LogP contribution in [0.5, 0.6) is 0 Å². The summed E-state index contributed by atoms with van der Waals surface area (Å²) in [5, 5.41) is 9.83. The van der Waals surface area contributed by atoms with Gasteiger partial charge in [-0.25, -0.2) is 0 Å². The van der Waals surface area contributed by atoms with Gasteiger partial charge in [0, 0.05) is 38.1 Å². The summed E-state index contributed by atoms with van der Waals surface area (Å²) in [4.78, 5) is 25.7. The van der Waals surface area contributed by atoms with Crippen LogP contribution in [0.3, 0.4) is 0 Å². The predicted molar refractivity (Wildman–Crippen MR) is 82.6 cm³/mol. The van der Waals surface area contributed by atoms with E-state index in [-0.39, 0.29) is 17.8 Å². The van der Waals surface area contributed by atoms with Crippen LogP contribution < -0.4 is 0 Å². The van der Waals surface area contributed by atoms with Gasteiger partial charge >= 0.3 is 0 Å². The van der Waals surface area contributed by atoms with Gasteiger partial charge in [0.2, 0.25) is 5.91 Å². The van der Waals surface area contributed by atoms with E-state index >= 15 is 0 Å². The van der Waals surface area contributed by atoms with Crippen molar-refractivity contribution in [2.24, 2.45) is 0 Å². The van der Waals surface area contributed by atoms with Gasteiger partial charge in [-0.1, -0.05) is 30.3 Å². The number of hydrogen-bond acceptors (Lipinski definition) is 4. The number of rotatable bonds is 7. The van der Waals surface area contributed by atoms with Crippen LogP contribution in [-0.4, -0.2) is 53.6 Å². The average molecular weight is 305 g/mol. The van der Waals surface area contributed by atoms with E-state index in [0.29, 0.717) is 44.5 Å². The first-order chi connectivity index (χ1) is 10.6. The van der Waals surface area contributed by atoms with E-state index in [1.54, 1.807) is 17.0 Å². The number of β-amino-alcohol motifs (C(OH)–C–C–N with tert-alkyl or cyclic N) is 1. The zero-order valence-corrected chi connectivity index (χ0v) is 12.9. The van der Waals surface area contributed by atoms with Gasteiger partial charge in [-0.3, -0.25) is 9.59 Å². The van der Waals surface area contributed by atoms with Crippen molar-refractivity contribution in [2.45, 2.75) is 38.4 Å². The minimum Gasteiger partial charge on any atom is -0.388 e. The van der Waals surface area contributed by atoms with E-state index in [1.807, 2.05) is 25.1 Å². The van der Waals surface area contributed by atoms with Gasteiger partial charge in [0.05, 0.1) is 6.10 Å². The number of likely N-dealkylation sites (tertiary alicyclic amines) is 1. The maximum Gasteiger partial charge on any atom is 0.222 e. The second kappa shape index (κ2) is 8.06. The average Bonchev–Trinajstić information content (AvgIpc) is 2.89. The predicted octanol–water partition coefficient (Wildman–Crippen LogP) is 1.65. The third-order valence-electron chi connectivity index (χ3n) is 3.86. The molecule has 1 N–H and O–H groups in total. The molecule has 0 aromatic heterocycles. The molecule has 2 rings (SSSR count). The highest BCUT2D eigenvalue weighted by Gasteiger charge is 2.34. The lowest BCUT2D eigenvalue weighted by Crippen LogP contribution is -2.30. The molecule has 1 aromatic carbocycles. The number of benzene rings is 1. The van der Waals surface area contributed by atoms with Gasteiger partial charge in [-0.15, -0.1) is 0 Å². The Bertz CT molecular complexity index is 503. The van der Waals surface area contributed by atoms with Crippen LogP contribution >= 0.6 is 0 Å². The molecule has 22 heavy (non-hydrogen) atoms. The van der Waals surface area contributed by atoms with Crippen molar-refractivity contribution in [1.82, 2.24) is 4.90 Å². The molecular formula is C17H23NO4. The molecule has 1 aliphatic heterocycles. The van der Waals surface area contributed by atoms with Crippen LogP contribution in [0.4, 0.5) is 0 Å². The second-order valence-corrected chi connectivity index (χ2v) is 5.50. The van der Waals surface area contributed by atoms with E-state index in [2.05, 4.69) is 0 Å². The first-order valence-corrected chi connectivity index (χ1v) is 7.77. The Balaban J connectivity index is 1.73. The minimum absolute atomic E-state index is 0.0258. The van der Waals surface area contributed by atoms with Crippen LogP contribution in [0.1, 0.15) is 36.5 Å². The number of ketones is 1. The summed E-state index contributed by atoms with van der Waals surface area (Å²) in [6.07, 6.45) is 0.304. The summed E-state index contributed by atoms with van der Waals surface area (Å²) < 4.78 is 5.40. The van der Waals surface area contributed by atoms with Crippen molar-refractivity contribution in [1.29, 1.82) is 0 Å². The molecule has 120 valence electrons. The van der Waals surface area contributed by atoms with Crippen LogP contribution in [0.2, 0.25) is 0 Å². The summed E-state index contributed by atoms with van der Waals surface area (Å²) in [5.41, 5.74) is 0.683. The second-order valence-electron chi connectivity index (χ2n) is 5.50. The summed E-state index contributed by atoms with van der Waals surface area (Å²) in [5.74, 6) is 0.0316. The fourth-order valence-electron chi connectivity index (χ4n) is 2.66. The Morgan fingerprint density at radius 3 is 2.64 bits per heavy atom. The highest BCUT2D eigenvalue weighted by molar-refractivity contribution is 5.96. The van der Waals surface area contributed by atoms with Crippen molar-refractivity contribution >= 4 is 11.7 Å². The topological polar surface area (TPSA) is 66.8 Å². The number of carbonyl (C=O) groups excluding carboxylic acids is 2. The zero-order valence-electron chi connectivity index (χ0n) is 12.9. The molecule has 5 heteroatoms. The summed E-state index contributed by atoms with van der Waals surface area (Å²) >= 11 is 0. The van der Waals surface area contributed by atoms with Gasteiger partial charge in [-0.2, -0.15) is 0 Å². The fourth-order valence-corrected chi connectivity index (χ4v) is 2.66. The molecule has 0 saturated carbocycles. The zero-order chi connectivity index (χ0) is 15.9. The molecule has 1 saturated heterocycles. The lowest BCUT2D eigenvalue weighted by atomic mass is 10.1. The summed E-state index contributed by atoms with van der Waals surface area (Å²) in [6.45, 7) is 3.14. The normalized spacial score (nSPS) is 21.1. The highest BCUT2D eigenvalue weighted by atomic mass is 16.5. The first kappa shape index (κ1) is 16.6. The maximum absolute atomic E-state index is 12.1. The number of ether oxygens (including phenoxy) is 1. The quantitative estimate of drug-likeness (QED) is 0.778. The van der Waals surface area contributed by atoms with Gasteiger partial charge in [-0.05, 0) is 13.3 Å². The molecule has 2 atom stereocenters. The molecule has 0 aliphatic carbocycles. The van der Waals surface area contributed by atoms with Gasteiger partial charge in [0.25, 0.3) is 0 Å². The Kier molecular flexibility index (Phi) is 6.10. The van der Waals surface area contributed by atoms with Crippen molar-refractivity contribution < 1.29 is 19.4 Å². The van der Waals surface area contributed by atoms with Crippen molar-refractivity contribution in [3.8, 4) is 0 Å². The fraction of sp³-hybridized carbons (Fsp3) is 0.529. The Hall–Kier alpha value is -1.72. The number of Topliss-reactive ketones (excluding diaryl/α,β-unsaturated/α-hetero) is 1. The Morgan fingerprint density at radius 1 is 1.23 bits per heavy atom. The lowest BCUT2D eigenvalue weighted by molar-refractivity contribution is -0.130.